The average molecular weight is 410 g/mol. The maximum absolute atomic E-state index is 11.9. The van der Waals surface area contributed by atoms with Crippen molar-refractivity contribution >= 4 is 17.8 Å². The second kappa shape index (κ2) is 11.5. The molecule has 6 nitrogen and oxygen atoms in total. The molecule has 0 heterocycles. The van der Waals surface area contributed by atoms with E-state index in [0.29, 0.717) is 43.1 Å². The first-order chi connectivity index (χ1) is 14.5. The minimum absolute atomic E-state index is 0.0579. The molecule has 0 aliphatic rings. The number of allylic oxidation sites excluding steroid dienone is 1. The monoisotopic (exact) mass is 410 g/mol. The second-order valence-electron chi connectivity index (χ2n) is 6.47. The highest BCUT2D eigenvalue weighted by molar-refractivity contribution is 6.00. The predicted molar refractivity (Wildman–Crippen MR) is 115 cm³/mol. The van der Waals surface area contributed by atoms with Crippen LogP contribution in [0.25, 0.3) is 6.08 Å². The molecule has 0 atom stereocenters. The Bertz CT molecular complexity index is 912. The SMILES string of the molecule is C=CCc1ccc(OCCCOc2ccc(C=CC(=O)OC)cc2)c(C(C)=O)c1O. The van der Waals surface area contributed by atoms with Crippen molar-refractivity contribution in [2.75, 3.05) is 20.3 Å². The third kappa shape index (κ3) is 6.51. The summed E-state index contributed by atoms with van der Waals surface area (Å²) in [5.74, 6) is 0.325. The zero-order valence-corrected chi connectivity index (χ0v) is 17.2. The first-order valence-electron chi connectivity index (χ1n) is 9.54. The van der Waals surface area contributed by atoms with Gasteiger partial charge in [-0.1, -0.05) is 24.3 Å². The number of benzene rings is 2. The van der Waals surface area contributed by atoms with Gasteiger partial charge in [-0.2, -0.15) is 0 Å². The number of hydrogen-bond donors (Lipinski definition) is 1. The van der Waals surface area contributed by atoms with Crippen LogP contribution < -0.4 is 9.47 Å². The van der Waals surface area contributed by atoms with E-state index in [1.54, 1.807) is 24.3 Å². The van der Waals surface area contributed by atoms with Crippen molar-refractivity contribution in [3.05, 3.63) is 71.8 Å². The van der Waals surface area contributed by atoms with Gasteiger partial charge in [0.25, 0.3) is 0 Å². The van der Waals surface area contributed by atoms with Gasteiger partial charge in [-0.25, -0.2) is 4.79 Å². The first-order valence-corrected chi connectivity index (χ1v) is 9.54. The summed E-state index contributed by atoms with van der Waals surface area (Å²) in [5, 5.41) is 10.3. The van der Waals surface area contributed by atoms with Gasteiger partial charge in [-0.05, 0) is 48.7 Å². The van der Waals surface area contributed by atoms with E-state index in [2.05, 4.69) is 11.3 Å². The van der Waals surface area contributed by atoms with Crippen LogP contribution in [-0.2, 0) is 16.0 Å². The molecule has 2 aromatic carbocycles. The van der Waals surface area contributed by atoms with Gasteiger partial charge < -0.3 is 19.3 Å². The Kier molecular flexibility index (Phi) is 8.69. The van der Waals surface area contributed by atoms with E-state index in [9.17, 15) is 14.7 Å². The molecule has 1 N–H and O–H groups in total. The summed E-state index contributed by atoms with van der Waals surface area (Å²) in [5.41, 5.74) is 1.68. The molecule has 30 heavy (non-hydrogen) atoms. The Labute approximate surface area is 176 Å². The van der Waals surface area contributed by atoms with E-state index in [1.165, 1.54) is 20.1 Å². The minimum Gasteiger partial charge on any atom is -0.507 e. The molecule has 6 heteroatoms. The quantitative estimate of drug-likeness (QED) is 0.195. The maximum atomic E-state index is 11.9. The highest BCUT2D eigenvalue weighted by Crippen LogP contribution is 2.32. The summed E-state index contributed by atoms with van der Waals surface area (Å²) in [6.45, 7) is 5.80. The lowest BCUT2D eigenvalue weighted by Crippen LogP contribution is -2.08. The molecular weight excluding hydrogens is 384 g/mol. The Morgan fingerprint density at radius 1 is 1.07 bits per heavy atom. The lowest BCUT2D eigenvalue weighted by atomic mass is 10.0. The molecular formula is C24H26O6. The molecule has 0 radical (unpaired) electrons. The maximum Gasteiger partial charge on any atom is 0.330 e. The molecule has 2 rings (SSSR count). The lowest BCUT2D eigenvalue weighted by molar-refractivity contribution is -0.134. The van der Waals surface area contributed by atoms with Crippen molar-refractivity contribution in [3.63, 3.8) is 0 Å². The minimum atomic E-state index is -0.410. The van der Waals surface area contributed by atoms with E-state index in [1.807, 2.05) is 24.3 Å². The van der Waals surface area contributed by atoms with Crippen molar-refractivity contribution in [1.29, 1.82) is 0 Å². The summed E-state index contributed by atoms with van der Waals surface area (Å²) >= 11 is 0. The molecule has 0 bridgehead atoms. The van der Waals surface area contributed by atoms with Crippen molar-refractivity contribution in [2.45, 2.75) is 19.8 Å². The molecule has 2 aromatic rings. The number of rotatable bonds is 11. The number of esters is 1. The smallest absolute Gasteiger partial charge is 0.330 e. The Balaban J connectivity index is 1.85. The van der Waals surface area contributed by atoms with E-state index in [-0.39, 0.29) is 17.1 Å². The number of carbonyl (C=O) groups is 2. The number of methoxy groups -OCH3 is 1. The van der Waals surface area contributed by atoms with Gasteiger partial charge in [0, 0.05) is 12.5 Å². The Morgan fingerprint density at radius 2 is 1.77 bits per heavy atom. The van der Waals surface area contributed by atoms with Crippen molar-refractivity contribution in [2.24, 2.45) is 0 Å². The molecule has 0 unspecified atom stereocenters. The molecule has 0 aliphatic carbocycles. The summed E-state index contributed by atoms with van der Waals surface area (Å²) in [4.78, 5) is 23.0. The van der Waals surface area contributed by atoms with Gasteiger partial charge in [0.1, 0.15) is 22.8 Å². The first kappa shape index (κ1) is 22.7. The zero-order valence-electron chi connectivity index (χ0n) is 17.2. The lowest BCUT2D eigenvalue weighted by Gasteiger charge is -2.14. The number of phenolic OH excluding ortho intramolecular Hbond substituents is 1. The number of ketones is 1. The number of aromatic hydroxyl groups is 1. The number of hydrogen-bond acceptors (Lipinski definition) is 6. The number of phenols is 1. The number of Topliss-reactive ketones (excluding diaryl/α,β-unsaturated/α-hetero) is 1. The fourth-order valence-corrected chi connectivity index (χ4v) is 2.74. The average Bonchev–Trinajstić information content (AvgIpc) is 2.74. The molecule has 0 saturated heterocycles. The summed E-state index contributed by atoms with van der Waals surface area (Å²) in [7, 11) is 1.33. The van der Waals surface area contributed by atoms with Crippen LogP contribution >= 0.6 is 0 Å². The summed E-state index contributed by atoms with van der Waals surface area (Å²) in [6, 6.07) is 10.7. The van der Waals surface area contributed by atoms with Crippen LogP contribution in [-0.4, -0.2) is 37.2 Å². The van der Waals surface area contributed by atoms with E-state index < -0.39 is 5.97 Å². The van der Waals surface area contributed by atoms with Crippen LogP contribution in [0.5, 0.6) is 17.2 Å². The molecule has 158 valence electrons. The van der Waals surface area contributed by atoms with E-state index in [0.717, 1.165) is 5.56 Å². The predicted octanol–water partition coefficient (Wildman–Crippen LogP) is 4.36. The van der Waals surface area contributed by atoms with Gasteiger partial charge in [-0.15, -0.1) is 6.58 Å². The Morgan fingerprint density at radius 3 is 2.40 bits per heavy atom. The Hall–Kier alpha value is -3.54. The standard InChI is InChI=1S/C24H26O6/c1-4-6-19-10-13-21(23(17(2)25)24(19)27)30-16-5-15-29-20-11-7-18(8-12-20)9-14-22(26)28-3/h4,7-14,27H,1,5-6,15-16H2,2-3H3. The van der Waals surface area contributed by atoms with Crippen molar-refractivity contribution in [1.82, 2.24) is 0 Å². The van der Waals surface area contributed by atoms with Crippen LogP contribution in [0.15, 0.2) is 55.1 Å². The molecule has 0 amide bonds. The van der Waals surface area contributed by atoms with Gasteiger partial charge in [0.2, 0.25) is 0 Å². The largest absolute Gasteiger partial charge is 0.507 e. The van der Waals surface area contributed by atoms with Crippen LogP contribution in [0.1, 0.15) is 34.8 Å². The van der Waals surface area contributed by atoms with E-state index in [4.69, 9.17) is 9.47 Å². The summed E-state index contributed by atoms with van der Waals surface area (Å²) in [6.07, 6.45) is 5.74. The fourth-order valence-electron chi connectivity index (χ4n) is 2.74. The third-order valence-corrected chi connectivity index (χ3v) is 4.25. The van der Waals surface area contributed by atoms with Crippen LogP contribution in [0.3, 0.4) is 0 Å². The highest BCUT2D eigenvalue weighted by Gasteiger charge is 2.17. The second-order valence-corrected chi connectivity index (χ2v) is 6.47. The van der Waals surface area contributed by atoms with Crippen molar-refractivity contribution in [3.8, 4) is 17.2 Å². The zero-order chi connectivity index (χ0) is 21.9. The van der Waals surface area contributed by atoms with Crippen LogP contribution in [0.4, 0.5) is 0 Å². The van der Waals surface area contributed by atoms with E-state index >= 15 is 0 Å². The van der Waals surface area contributed by atoms with Gasteiger partial charge in [-0.3, -0.25) is 4.79 Å². The van der Waals surface area contributed by atoms with Crippen molar-refractivity contribution < 1.29 is 28.9 Å². The number of ether oxygens (including phenoxy) is 3. The third-order valence-electron chi connectivity index (χ3n) is 4.25. The van der Waals surface area contributed by atoms with Gasteiger partial charge in [0.15, 0.2) is 5.78 Å². The molecule has 0 spiro atoms. The summed E-state index contributed by atoms with van der Waals surface area (Å²) < 4.78 is 15.9. The molecule has 0 aliphatic heterocycles. The topological polar surface area (TPSA) is 82.1 Å². The normalized spacial score (nSPS) is 10.6. The molecule has 0 fully saturated rings. The van der Waals surface area contributed by atoms with Gasteiger partial charge in [0.05, 0.1) is 20.3 Å². The molecule has 0 saturated carbocycles. The number of carbonyl (C=O) groups excluding carboxylic acids is 2. The van der Waals surface area contributed by atoms with Crippen LogP contribution in [0.2, 0.25) is 0 Å². The van der Waals surface area contributed by atoms with Gasteiger partial charge >= 0.3 is 5.97 Å². The van der Waals surface area contributed by atoms with Crippen LogP contribution in [0, 0.1) is 0 Å². The highest BCUT2D eigenvalue weighted by atomic mass is 16.5. The molecule has 0 aromatic heterocycles. The fraction of sp³-hybridized carbons (Fsp3) is 0.250.